The number of imide groups is 1. The molecule has 0 radical (unpaired) electrons. The summed E-state index contributed by atoms with van der Waals surface area (Å²) in [6.07, 6.45) is 1.52. The molecule has 178 valence electrons. The van der Waals surface area contributed by atoms with Gasteiger partial charge in [0.1, 0.15) is 17.2 Å². The maximum atomic E-state index is 12.7. The van der Waals surface area contributed by atoms with Gasteiger partial charge in [-0.2, -0.15) is 0 Å². The first-order chi connectivity index (χ1) is 16.9. The minimum absolute atomic E-state index is 0.0230. The molecule has 0 atom stereocenters. The number of para-hydroxylation sites is 1. The Hall–Kier alpha value is -4.86. The molecule has 0 unspecified atom stereocenters. The number of urea groups is 1. The third-order valence-corrected chi connectivity index (χ3v) is 4.94. The Bertz CT molecular complexity index is 1280. The van der Waals surface area contributed by atoms with E-state index in [4.69, 9.17) is 9.15 Å². The van der Waals surface area contributed by atoms with Crippen LogP contribution in [-0.4, -0.2) is 42.4 Å². The maximum Gasteiger partial charge on any atom is 0.373 e. The van der Waals surface area contributed by atoms with Crippen molar-refractivity contribution in [2.24, 2.45) is 0 Å². The predicted molar refractivity (Wildman–Crippen MR) is 124 cm³/mol. The topological polar surface area (TPSA) is 127 Å². The first-order valence-electron chi connectivity index (χ1n) is 10.5. The third kappa shape index (κ3) is 5.74. The second-order valence-electron chi connectivity index (χ2n) is 7.41. The van der Waals surface area contributed by atoms with E-state index in [0.29, 0.717) is 17.0 Å². The number of ether oxygens (including phenoxy) is 2. The van der Waals surface area contributed by atoms with Gasteiger partial charge < -0.3 is 24.5 Å². The lowest BCUT2D eigenvalue weighted by Crippen LogP contribution is -2.30. The first-order valence-corrected chi connectivity index (χ1v) is 10.5. The van der Waals surface area contributed by atoms with Gasteiger partial charge in [0, 0.05) is 5.69 Å². The number of benzene rings is 2. The highest BCUT2D eigenvalue weighted by atomic mass is 16.5. The minimum Gasteiger partial charge on any atom is -0.484 e. The second kappa shape index (κ2) is 10.4. The highest BCUT2D eigenvalue weighted by Crippen LogP contribution is 2.20. The van der Waals surface area contributed by atoms with Crippen molar-refractivity contribution in [2.75, 3.05) is 19.0 Å². The van der Waals surface area contributed by atoms with Crippen molar-refractivity contribution >= 4 is 35.6 Å². The minimum atomic E-state index is -0.654. The quantitative estimate of drug-likeness (QED) is 0.291. The van der Waals surface area contributed by atoms with Crippen LogP contribution < -0.4 is 15.4 Å². The summed E-state index contributed by atoms with van der Waals surface area (Å²) in [6.45, 7) is -0.305. The Morgan fingerprint density at radius 1 is 1.03 bits per heavy atom. The molecule has 4 rings (SSSR count). The summed E-state index contributed by atoms with van der Waals surface area (Å²) in [6, 6.07) is 18.0. The lowest BCUT2D eigenvalue weighted by molar-refractivity contribution is -0.123. The van der Waals surface area contributed by atoms with Crippen LogP contribution in [0.4, 0.5) is 10.5 Å². The maximum absolute atomic E-state index is 12.7. The summed E-state index contributed by atoms with van der Waals surface area (Å²) < 4.78 is 15.4. The van der Waals surface area contributed by atoms with Crippen LogP contribution in [-0.2, 0) is 20.9 Å². The zero-order valence-corrected chi connectivity index (χ0v) is 18.6. The van der Waals surface area contributed by atoms with E-state index in [1.807, 2.05) is 18.2 Å². The number of nitrogens with one attached hydrogen (secondary N) is 2. The molecule has 0 aliphatic carbocycles. The van der Waals surface area contributed by atoms with Crippen molar-refractivity contribution in [3.8, 4) is 5.75 Å². The van der Waals surface area contributed by atoms with E-state index < -0.39 is 17.9 Å². The van der Waals surface area contributed by atoms with Crippen molar-refractivity contribution < 1.29 is 33.1 Å². The van der Waals surface area contributed by atoms with Crippen molar-refractivity contribution in [1.29, 1.82) is 0 Å². The van der Waals surface area contributed by atoms with E-state index in [1.54, 1.807) is 36.4 Å². The molecule has 35 heavy (non-hydrogen) atoms. The van der Waals surface area contributed by atoms with Crippen LogP contribution in [0.25, 0.3) is 6.08 Å². The van der Waals surface area contributed by atoms with Gasteiger partial charge in [0.05, 0.1) is 13.7 Å². The van der Waals surface area contributed by atoms with Crippen molar-refractivity contribution in [2.45, 2.75) is 6.54 Å². The molecule has 1 saturated heterocycles. The van der Waals surface area contributed by atoms with E-state index in [2.05, 4.69) is 15.4 Å². The molecule has 10 nitrogen and oxygen atoms in total. The zero-order valence-electron chi connectivity index (χ0n) is 18.6. The molecule has 2 N–H and O–H groups in total. The van der Waals surface area contributed by atoms with Crippen LogP contribution in [0.5, 0.6) is 5.75 Å². The van der Waals surface area contributed by atoms with Crippen molar-refractivity contribution in [3.05, 3.63) is 89.5 Å². The zero-order chi connectivity index (χ0) is 24.8. The Labute approximate surface area is 200 Å². The number of carbonyl (C=O) groups is 4. The molecule has 0 bridgehead atoms. The van der Waals surface area contributed by atoms with Gasteiger partial charge >= 0.3 is 12.0 Å². The summed E-state index contributed by atoms with van der Waals surface area (Å²) in [5, 5.41) is 5.25. The van der Waals surface area contributed by atoms with E-state index >= 15 is 0 Å². The van der Waals surface area contributed by atoms with Crippen LogP contribution in [0.15, 0.2) is 76.8 Å². The van der Waals surface area contributed by atoms with Crippen LogP contribution in [0, 0.1) is 0 Å². The van der Waals surface area contributed by atoms with Gasteiger partial charge in [0.25, 0.3) is 11.8 Å². The molecule has 2 heterocycles. The number of nitrogens with zero attached hydrogens (tertiary/aromatic N) is 1. The molecular formula is C25H21N3O7. The van der Waals surface area contributed by atoms with Crippen LogP contribution in [0.3, 0.4) is 0 Å². The van der Waals surface area contributed by atoms with E-state index in [-0.39, 0.29) is 36.3 Å². The van der Waals surface area contributed by atoms with Crippen LogP contribution in [0.2, 0.25) is 0 Å². The summed E-state index contributed by atoms with van der Waals surface area (Å²) in [5.41, 5.74) is 1.41. The lowest BCUT2D eigenvalue weighted by Gasteiger charge is -2.09. The molecule has 1 aromatic heterocycles. The standard InChI is InChI=1S/C25H21N3O7/c1-33-24(31)21-12-11-19(35-21)14-28-23(30)20(27-25(28)32)13-16-7-9-18(10-8-16)34-15-22(29)26-17-5-3-2-4-6-17/h2-13H,14-15H2,1H3,(H,26,29)(H,27,32)/b20-13-. The normalized spacial score (nSPS) is 14.1. The number of anilines is 1. The van der Waals surface area contributed by atoms with Crippen molar-refractivity contribution in [1.82, 2.24) is 10.2 Å². The highest BCUT2D eigenvalue weighted by Gasteiger charge is 2.34. The van der Waals surface area contributed by atoms with Gasteiger partial charge in [0.2, 0.25) is 5.76 Å². The predicted octanol–water partition coefficient (Wildman–Crippen LogP) is 3.18. The first kappa shape index (κ1) is 23.3. The summed E-state index contributed by atoms with van der Waals surface area (Å²) in [4.78, 5) is 49.4. The number of carbonyl (C=O) groups excluding carboxylic acids is 4. The molecule has 1 aliphatic rings. The molecule has 2 aromatic carbocycles. The Morgan fingerprint density at radius 2 is 1.77 bits per heavy atom. The molecule has 3 aromatic rings. The number of methoxy groups -OCH3 is 1. The van der Waals surface area contributed by atoms with E-state index in [0.717, 1.165) is 4.90 Å². The number of amides is 4. The molecular weight excluding hydrogens is 454 g/mol. The number of hydrogen-bond acceptors (Lipinski definition) is 7. The Balaban J connectivity index is 1.34. The molecule has 4 amide bonds. The van der Waals surface area contributed by atoms with Gasteiger partial charge in [-0.25, -0.2) is 9.59 Å². The number of esters is 1. The summed E-state index contributed by atoms with van der Waals surface area (Å²) >= 11 is 0. The number of furan rings is 1. The highest BCUT2D eigenvalue weighted by molar-refractivity contribution is 6.13. The molecule has 1 fully saturated rings. The fourth-order valence-electron chi connectivity index (χ4n) is 3.24. The summed E-state index contributed by atoms with van der Waals surface area (Å²) in [7, 11) is 1.22. The second-order valence-corrected chi connectivity index (χ2v) is 7.41. The van der Waals surface area contributed by atoms with Crippen LogP contribution >= 0.6 is 0 Å². The van der Waals surface area contributed by atoms with Crippen LogP contribution in [0.1, 0.15) is 21.9 Å². The van der Waals surface area contributed by atoms with Crippen molar-refractivity contribution in [3.63, 3.8) is 0 Å². The Kier molecular flexibility index (Phi) is 6.91. The number of rotatable bonds is 8. The fraction of sp³-hybridized carbons (Fsp3) is 0.120. The molecule has 1 aliphatic heterocycles. The van der Waals surface area contributed by atoms with Gasteiger partial charge in [0.15, 0.2) is 6.61 Å². The largest absolute Gasteiger partial charge is 0.484 e. The van der Waals surface area contributed by atoms with Gasteiger partial charge in [-0.15, -0.1) is 0 Å². The lowest BCUT2D eigenvalue weighted by atomic mass is 10.2. The van der Waals surface area contributed by atoms with Gasteiger partial charge in [-0.05, 0) is 48.0 Å². The average Bonchev–Trinajstić information content (AvgIpc) is 3.44. The smallest absolute Gasteiger partial charge is 0.373 e. The molecule has 10 heteroatoms. The average molecular weight is 475 g/mol. The molecule has 0 saturated carbocycles. The number of hydrogen-bond donors (Lipinski definition) is 2. The van der Waals surface area contributed by atoms with Gasteiger partial charge in [-0.1, -0.05) is 30.3 Å². The van der Waals surface area contributed by atoms with Gasteiger partial charge in [-0.3, -0.25) is 14.5 Å². The fourth-order valence-corrected chi connectivity index (χ4v) is 3.24. The molecule has 0 spiro atoms. The monoisotopic (exact) mass is 475 g/mol. The third-order valence-electron chi connectivity index (χ3n) is 4.94. The summed E-state index contributed by atoms with van der Waals surface area (Å²) in [5.74, 6) is -0.782. The Morgan fingerprint density at radius 3 is 2.49 bits per heavy atom. The SMILES string of the molecule is COC(=O)c1ccc(CN2C(=O)N/C(=C\c3ccc(OCC(=O)Nc4ccccc4)cc3)C2=O)o1. The van der Waals surface area contributed by atoms with E-state index in [9.17, 15) is 19.2 Å². The van der Waals surface area contributed by atoms with E-state index in [1.165, 1.54) is 25.3 Å².